The van der Waals surface area contributed by atoms with Crippen LogP contribution in [-0.4, -0.2) is 24.2 Å². The minimum atomic E-state index is -0.333. The van der Waals surface area contributed by atoms with E-state index in [1.54, 1.807) is 12.1 Å². The summed E-state index contributed by atoms with van der Waals surface area (Å²) >= 11 is 3.10. The maximum absolute atomic E-state index is 13.1. The Morgan fingerprint density at radius 3 is 2.75 bits per heavy atom. The zero-order valence-corrected chi connectivity index (χ0v) is 13.5. The van der Waals surface area contributed by atoms with Crippen molar-refractivity contribution in [2.24, 2.45) is 5.41 Å². The highest BCUT2D eigenvalue weighted by Gasteiger charge is 2.15. The molecule has 3 nitrogen and oxygen atoms in total. The van der Waals surface area contributed by atoms with E-state index < -0.39 is 0 Å². The summed E-state index contributed by atoms with van der Waals surface area (Å²) in [5.74, 6) is -0.411. The second-order valence-corrected chi connectivity index (χ2v) is 6.56. The molecule has 112 valence electrons. The number of carbonyl (C=O) groups excluding carboxylic acids is 1. The molecule has 0 bridgehead atoms. The van der Waals surface area contributed by atoms with Crippen LogP contribution in [-0.2, 0) is 11.2 Å². The smallest absolute Gasteiger partial charge is 0.224 e. The van der Waals surface area contributed by atoms with Crippen molar-refractivity contribution in [3.63, 3.8) is 0 Å². The van der Waals surface area contributed by atoms with Gasteiger partial charge in [-0.2, -0.15) is 0 Å². The molecule has 0 atom stereocenters. The van der Waals surface area contributed by atoms with Gasteiger partial charge in [0, 0.05) is 13.2 Å². The van der Waals surface area contributed by atoms with Crippen molar-refractivity contribution in [1.29, 1.82) is 0 Å². The number of aliphatic hydroxyl groups excluding tert-OH is 1. The molecule has 0 aliphatic carbocycles. The minimum Gasteiger partial charge on any atom is -0.396 e. The Morgan fingerprint density at radius 2 is 2.15 bits per heavy atom. The van der Waals surface area contributed by atoms with E-state index in [1.807, 2.05) is 13.8 Å². The van der Waals surface area contributed by atoms with E-state index in [-0.39, 0.29) is 30.2 Å². The fourth-order valence-electron chi connectivity index (χ4n) is 1.77. The second kappa shape index (κ2) is 7.74. The number of carbonyl (C=O) groups is 1. The number of hydrogen-bond acceptors (Lipinski definition) is 2. The fraction of sp³-hybridized carbons (Fsp3) is 0.533. The van der Waals surface area contributed by atoms with Crippen molar-refractivity contribution in [1.82, 2.24) is 5.32 Å². The lowest BCUT2D eigenvalue weighted by atomic mass is 9.89. The van der Waals surface area contributed by atoms with Crippen LogP contribution in [0.15, 0.2) is 22.7 Å². The summed E-state index contributed by atoms with van der Waals surface area (Å²) in [4.78, 5) is 11.7. The lowest BCUT2D eigenvalue weighted by molar-refractivity contribution is -0.120. The maximum atomic E-state index is 13.1. The fourth-order valence-corrected chi connectivity index (χ4v) is 2.20. The van der Waals surface area contributed by atoms with E-state index >= 15 is 0 Å². The molecule has 0 aliphatic heterocycles. The molecule has 1 aromatic carbocycles. The summed E-state index contributed by atoms with van der Waals surface area (Å²) in [6.45, 7) is 4.71. The van der Waals surface area contributed by atoms with Crippen LogP contribution in [0.3, 0.4) is 0 Å². The molecule has 1 amide bonds. The number of hydrogen-bond donors (Lipinski definition) is 2. The van der Waals surface area contributed by atoms with Crippen molar-refractivity contribution >= 4 is 21.8 Å². The lowest BCUT2D eigenvalue weighted by Gasteiger charge is -2.21. The summed E-state index contributed by atoms with van der Waals surface area (Å²) < 4.78 is 13.4. The summed E-state index contributed by atoms with van der Waals surface area (Å²) in [5.41, 5.74) is 0.665. The molecule has 5 heteroatoms. The third kappa shape index (κ3) is 6.01. The second-order valence-electron chi connectivity index (χ2n) is 5.70. The summed E-state index contributed by atoms with van der Waals surface area (Å²) in [5, 5.41) is 12.0. The van der Waals surface area contributed by atoms with E-state index in [4.69, 9.17) is 5.11 Å². The molecule has 0 saturated carbocycles. The number of aliphatic hydroxyl groups is 1. The Morgan fingerprint density at radius 1 is 1.45 bits per heavy atom. The summed E-state index contributed by atoms with van der Waals surface area (Å²) in [6.07, 6.45) is 1.92. The summed E-state index contributed by atoms with van der Waals surface area (Å²) in [7, 11) is 0. The molecule has 0 radical (unpaired) electrons. The summed E-state index contributed by atoms with van der Waals surface area (Å²) in [6, 6.07) is 4.56. The molecule has 0 saturated heterocycles. The average Bonchev–Trinajstić information content (AvgIpc) is 2.39. The van der Waals surface area contributed by atoms with Crippen LogP contribution in [0.1, 0.15) is 32.3 Å². The van der Waals surface area contributed by atoms with Crippen molar-refractivity contribution in [3.05, 3.63) is 34.1 Å². The van der Waals surface area contributed by atoms with E-state index in [9.17, 15) is 9.18 Å². The third-order valence-corrected chi connectivity index (χ3v) is 3.74. The van der Waals surface area contributed by atoms with Gasteiger partial charge in [-0.25, -0.2) is 4.39 Å². The van der Waals surface area contributed by atoms with Crippen LogP contribution in [0, 0.1) is 11.2 Å². The number of amides is 1. The largest absolute Gasteiger partial charge is 0.396 e. The van der Waals surface area contributed by atoms with Gasteiger partial charge in [-0.3, -0.25) is 4.79 Å². The zero-order chi connectivity index (χ0) is 15.2. The predicted molar refractivity (Wildman–Crippen MR) is 80.9 cm³/mol. The molecule has 0 heterocycles. The van der Waals surface area contributed by atoms with Gasteiger partial charge in [0.2, 0.25) is 5.91 Å². The lowest BCUT2D eigenvalue weighted by Crippen LogP contribution is -2.27. The number of halogens is 2. The first-order chi connectivity index (χ1) is 9.34. The molecule has 2 N–H and O–H groups in total. The molecular formula is C15H21BrFNO2. The quantitative estimate of drug-likeness (QED) is 0.746. The van der Waals surface area contributed by atoms with Gasteiger partial charge in [0.05, 0.1) is 10.9 Å². The SMILES string of the molecule is CC(C)(CO)CCCNC(=O)Cc1ccc(F)c(Br)c1. The third-order valence-electron chi connectivity index (χ3n) is 3.13. The molecule has 1 rings (SSSR count). The van der Waals surface area contributed by atoms with Gasteiger partial charge < -0.3 is 10.4 Å². The predicted octanol–water partition coefficient (Wildman–Crippen LogP) is 3.05. The first-order valence-electron chi connectivity index (χ1n) is 6.65. The molecule has 0 unspecified atom stereocenters. The molecule has 0 fully saturated rings. The Hall–Kier alpha value is -0.940. The Kier molecular flexibility index (Phi) is 6.62. The highest BCUT2D eigenvalue weighted by Crippen LogP contribution is 2.20. The van der Waals surface area contributed by atoms with Crippen molar-refractivity contribution in [3.8, 4) is 0 Å². The Labute approximate surface area is 127 Å². The van der Waals surface area contributed by atoms with Gasteiger partial charge in [0.25, 0.3) is 0 Å². The first-order valence-corrected chi connectivity index (χ1v) is 7.45. The average molecular weight is 346 g/mol. The number of benzene rings is 1. The zero-order valence-electron chi connectivity index (χ0n) is 11.9. The topological polar surface area (TPSA) is 49.3 Å². The highest BCUT2D eigenvalue weighted by atomic mass is 79.9. The van der Waals surface area contributed by atoms with E-state index in [0.717, 1.165) is 18.4 Å². The Bertz CT molecular complexity index is 463. The molecule has 0 aliphatic rings. The van der Waals surface area contributed by atoms with E-state index in [1.165, 1.54) is 6.07 Å². The van der Waals surface area contributed by atoms with Gasteiger partial charge in [0.1, 0.15) is 5.82 Å². The molecule has 0 aromatic heterocycles. The highest BCUT2D eigenvalue weighted by molar-refractivity contribution is 9.10. The van der Waals surface area contributed by atoms with E-state index in [0.29, 0.717) is 11.0 Å². The van der Waals surface area contributed by atoms with Crippen LogP contribution in [0.25, 0.3) is 0 Å². The van der Waals surface area contributed by atoms with Gasteiger partial charge in [-0.15, -0.1) is 0 Å². The number of rotatable bonds is 7. The van der Waals surface area contributed by atoms with Crippen molar-refractivity contribution < 1.29 is 14.3 Å². The standard InChI is InChI=1S/C15H21BrFNO2/c1-15(2,10-19)6-3-7-18-14(20)9-11-4-5-13(17)12(16)8-11/h4-5,8,19H,3,6-7,9-10H2,1-2H3,(H,18,20). The molecular weight excluding hydrogens is 325 g/mol. The first kappa shape index (κ1) is 17.1. The van der Waals surface area contributed by atoms with Gasteiger partial charge in [-0.1, -0.05) is 19.9 Å². The minimum absolute atomic E-state index is 0.0784. The van der Waals surface area contributed by atoms with Gasteiger partial charge in [-0.05, 0) is 51.9 Å². The van der Waals surface area contributed by atoms with Gasteiger partial charge >= 0.3 is 0 Å². The van der Waals surface area contributed by atoms with Gasteiger partial charge in [0.15, 0.2) is 0 Å². The van der Waals surface area contributed by atoms with Crippen LogP contribution < -0.4 is 5.32 Å². The monoisotopic (exact) mass is 345 g/mol. The van der Waals surface area contributed by atoms with E-state index in [2.05, 4.69) is 21.2 Å². The maximum Gasteiger partial charge on any atom is 0.224 e. The van der Waals surface area contributed by atoms with Crippen LogP contribution >= 0.6 is 15.9 Å². The van der Waals surface area contributed by atoms with Crippen LogP contribution in [0.5, 0.6) is 0 Å². The van der Waals surface area contributed by atoms with Crippen LogP contribution in [0.4, 0.5) is 4.39 Å². The number of nitrogens with one attached hydrogen (secondary N) is 1. The molecule has 0 spiro atoms. The van der Waals surface area contributed by atoms with Crippen molar-refractivity contribution in [2.45, 2.75) is 33.1 Å². The van der Waals surface area contributed by atoms with Crippen LogP contribution in [0.2, 0.25) is 0 Å². The molecule has 1 aromatic rings. The normalized spacial score (nSPS) is 11.4. The Balaban J connectivity index is 2.32. The molecule has 20 heavy (non-hydrogen) atoms. The van der Waals surface area contributed by atoms with Crippen molar-refractivity contribution in [2.75, 3.05) is 13.2 Å².